The number of nitrogens with one attached hydrogen (secondary N) is 2. The number of nitrogens with zero attached hydrogens (tertiary/aromatic N) is 1. The van der Waals surface area contributed by atoms with E-state index in [1.54, 1.807) is 18.2 Å². The van der Waals surface area contributed by atoms with Crippen molar-refractivity contribution in [3.05, 3.63) is 30.1 Å². The van der Waals surface area contributed by atoms with Crippen molar-refractivity contribution in [1.82, 2.24) is 5.32 Å². The SMILES string of the molecule is N#CC1(Nc2ccccc2F)CCCNC1. The average molecular weight is 219 g/mol. The Balaban J connectivity index is 2.19. The minimum Gasteiger partial charge on any atom is -0.364 e. The lowest BCUT2D eigenvalue weighted by Crippen LogP contribution is -2.50. The van der Waals surface area contributed by atoms with Crippen LogP contribution in [0.1, 0.15) is 12.8 Å². The van der Waals surface area contributed by atoms with Gasteiger partial charge < -0.3 is 10.6 Å². The van der Waals surface area contributed by atoms with E-state index in [1.165, 1.54) is 6.07 Å². The quantitative estimate of drug-likeness (QED) is 0.798. The first-order chi connectivity index (χ1) is 7.76. The van der Waals surface area contributed by atoms with Crippen LogP contribution in [0.15, 0.2) is 24.3 Å². The lowest BCUT2D eigenvalue weighted by molar-refractivity contribution is 0.410. The Bertz CT molecular complexity index is 405. The fraction of sp³-hybridized carbons (Fsp3) is 0.417. The van der Waals surface area contributed by atoms with Crippen molar-refractivity contribution in [2.45, 2.75) is 18.4 Å². The molecule has 2 rings (SSSR count). The molecular formula is C12H14FN3. The van der Waals surface area contributed by atoms with Crippen LogP contribution in [-0.2, 0) is 0 Å². The second-order valence-electron chi connectivity index (χ2n) is 4.08. The lowest BCUT2D eigenvalue weighted by Gasteiger charge is -2.33. The topological polar surface area (TPSA) is 47.9 Å². The summed E-state index contributed by atoms with van der Waals surface area (Å²) in [6.45, 7) is 1.47. The first-order valence-electron chi connectivity index (χ1n) is 5.40. The second kappa shape index (κ2) is 4.50. The van der Waals surface area contributed by atoms with Gasteiger partial charge in [-0.25, -0.2) is 4.39 Å². The van der Waals surface area contributed by atoms with Gasteiger partial charge in [0, 0.05) is 6.54 Å². The number of hydrogen-bond donors (Lipinski definition) is 2. The van der Waals surface area contributed by atoms with E-state index in [0.29, 0.717) is 12.2 Å². The van der Waals surface area contributed by atoms with Crippen molar-refractivity contribution in [1.29, 1.82) is 5.26 Å². The molecule has 1 atom stereocenters. The summed E-state index contributed by atoms with van der Waals surface area (Å²) in [7, 11) is 0. The smallest absolute Gasteiger partial charge is 0.146 e. The highest BCUT2D eigenvalue weighted by Crippen LogP contribution is 2.23. The predicted molar refractivity (Wildman–Crippen MR) is 60.5 cm³/mol. The first kappa shape index (κ1) is 10.9. The maximum Gasteiger partial charge on any atom is 0.146 e. The van der Waals surface area contributed by atoms with E-state index in [9.17, 15) is 9.65 Å². The first-order valence-corrected chi connectivity index (χ1v) is 5.40. The summed E-state index contributed by atoms with van der Waals surface area (Å²) in [5, 5.41) is 15.4. The lowest BCUT2D eigenvalue weighted by atomic mass is 9.91. The van der Waals surface area contributed by atoms with E-state index in [2.05, 4.69) is 16.7 Å². The van der Waals surface area contributed by atoms with Crippen LogP contribution in [0.25, 0.3) is 0 Å². The number of halogens is 1. The summed E-state index contributed by atoms with van der Waals surface area (Å²) in [4.78, 5) is 0. The van der Waals surface area contributed by atoms with Crippen LogP contribution < -0.4 is 10.6 Å². The molecule has 1 heterocycles. The molecule has 1 fully saturated rings. The predicted octanol–water partition coefficient (Wildman–Crippen LogP) is 1.88. The maximum atomic E-state index is 13.5. The van der Waals surface area contributed by atoms with Gasteiger partial charge in [-0.3, -0.25) is 0 Å². The van der Waals surface area contributed by atoms with Gasteiger partial charge in [0.25, 0.3) is 0 Å². The van der Waals surface area contributed by atoms with Crippen LogP contribution in [-0.4, -0.2) is 18.6 Å². The third kappa shape index (κ3) is 2.15. The fourth-order valence-electron chi connectivity index (χ4n) is 1.96. The Labute approximate surface area is 94.3 Å². The van der Waals surface area contributed by atoms with Gasteiger partial charge in [-0.05, 0) is 31.5 Å². The number of nitriles is 1. The minimum atomic E-state index is -0.680. The fourth-order valence-corrected chi connectivity index (χ4v) is 1.96. The van der Waals surface area contributed by atoms with E-state index in [4.69, 9.17) is 0 Å². The Kier molecular flexibility index (Phi) is 3.07. The third-order valence-electron chi connectivity index (χ3n) is 2.85. The monoisotopic (exact) mass is 219 g/mol. The Hall–Kier alpha value is -1.60. The molecule has 1 aliphatic rings. The van der Waals surface area contributed by atoms with E-state index in [0.717, 1.165) is 19.4 Å². The Morgan fingerprint density at radius 2 is 2.25 bits per heavy atom. The van der Waals surface area contributed by atoms with Crippen LogP contribution in [0, 0.1) is 17.1 Å². The summed E-state index contributed by atoms with van der Waals surface area (Å²) < 4.78 is 13.5. The minimum absolute atomic E-state index is 0.317. The summed E-state index contributed by atoms with van der Waals surface area (Å²) >= 11 is 0. The van der Waals surface area contributed by atoms with Crippen LogP contribution in [0.3, 0.4) is 0 Å². The van der Waals surface area contributed by atoms with Gasteiger partial charge in [0.2, 0.25) is 0 Å². The van der Waals surface area contributed by atoms with Crippen LogP contribution in [0.4, 0.5) is 10.1 Å². The summed E-state index contributed by atoms with van der Waals surface area (Å²) in [6, 6.07) is 8.70. The molecule has 0 saturated carbocycles. The number of para-hydroxylation sites is 1. The molecule has 0 spiro atoms. The molecule has 1 aliphatic heterocycles. The largest absolute Gasteiger partial charge is 0.364 e. The van der Waals surface area contributed by atoms with Gasteiger partial charge >= 0.3 is 0 Å². The second-order valence-corrected chi connectivity index (χ2v) is 4.08. The van der Waals surface area contributed by atoms with Gasteiger partial charge in [-0.2, -0.15) is 5.26 Å². The zero-order valence-corrected chi connectivity index (χ0v) is 8.96. The molecule has 1 saturated heterocycles. The van der Waals surface area contributed by atoms with E-state index in [1.807, 2.05) is 0 Å². The van der Waals surface area contributed by atoms with Crippen LogP contribution in [0.2, 0.25) is 0 Å². The molecule has 0 amide bonds. The number of rotatable bonds is 2. The number of piperidine rings is 1. The number of hydrogen-bond acceptors (Lipinski definition) is 3. The Morgan fingerprint density at radius 1 is 1.44 bits per heavy atom. The van der Waals surface area contributed by atoms with Gasteiger partial charge in [-0.1, -0.05) is 12.1 Å². The van der Waals surface area contributed by atoms with Crippen molar-refractivity contribution >= 4 is 5.69 Å². The van der Waals surface area contributed by atoms with E-state index >= 15 is 0 Å². The van der Waals surface area contributed by atoms with Crippen molar-refractivity contribution < 1.29 is 4.39 Å². The van der Waals surface area contributed by atoms with Gasteiger partial charge in [0.05, 0.1) is 11.8 Å². The highest BCUT2D eigenvalue weighted by Gasteiger charge is 2.32. The van der Waals surface area contributed by atoms with Gasteiger partial charge in [0.1, 0.15) is 11.4 Å². The Morgan fingerprint density at radius 3 is 2.88 bits per heavy atom. The van der Waals surface area contributed by atoms with E-state index in [-0.39, 0.29) is 5.82 Å². The van der Waals surface area contributed by atoms with Gasteiger partial charge in [0.15, 0.2) is 0 Å². The molecule has 0 aromatic heterocycles. The van der Waals surface area contributed by atoms with E-state index < -0.39 is 5.54 Å². The normalized spacial score (nSPS) is 24.8. The maximum absolute atomic E-state index is 13.5. The molecule has 3 nitrogen and oxygen atoms in total. The zero-order valence-electron chi connectivity index (χ0n) is 8.96. The van der Waals surface area contributed by atoms with Crippen molar-refractivity contribution in [3.63, 3.8) is 0 Å². The molecule has 16 heavy (non-hydrogen) atoms. The molecule has 1 unspecified atom stereocenters. The molecule has 4 heteroatoms. The molecule has 1 aromatic carbocycles. The standard InChI is InChI=1S/C12H14FN3/c13-10-4-1-2-5-11(10)16-12(8-14)6-3-7-15-9-12/h1-2,4-5,15-16H,3,6-7,9H2. The molecule has 2 N–H and O–H groups in total. The van der Waals surface area contributed by atoms with Crippen molar-refractivity contribution in [2.24, 2.45) is 0 Å². The molecule has 0 radical (unpaired) electrons. The van der Waals surface area contributed by atoms with Crippen LogP contribution in [0.5, 0.6) is 0 Å². The van der Waals surface area contributed by atoms with Crippen molar-refractivity contribution in [3.8, 4) is 6.07 Å². The summed E-state index contributed by atoms with van der Waals surface area (Å²) in [5.41, 5.74) is -0.284. The van der Waals surface area contributed by atoms with Gasteiger partial charge in [-0.15, -0.1) is 0 Å². The molecule has 1 aromatic rings. The molecule has 84 valence electrons. The number of anilines is 1. The molecule has 0 aliphatic carbocycles. The summed E-state index contributed by atoms with van der Waals surface area (Å²) in [6.07, 6.45) is 1.67. The van der Waals surface area contributed by atoms with Crippen molar-refractivity contribution in [2.75, 3.05) is 18.4 Å². The summed E-state index contributed by atoms with van der Waals surface area (Å²) in [5.74, 6) is -0.317. The average Bonchev–Trinajstić information content (AvgIpc) is 2.33. The highest BCUT2D eigenvalue weighted by atomic mass is 19.1. The number of benzene rings is 1. The highest BCUT2D eigenvalue weighted by molar-refractivity contribution is 5.49. The van der Waals surface area contributed by atoms with Crippen LogP contribution >= 0.6 is 0 Å². The molecule has 0 bridgehead atoms. The third-order valence-corrected chi connectivity index (χ3v) is 2.85. The zero-order chi connectivity index (χ0) is 11.4. The molecular weight excluding hydrogens is 205 g/mol.